The molecule has 1 aromatic rings. The highest BCUT2D eigenvalue weighted by molar-refractivity contribution is 5.79. The van der Waals surface area contributed by atoms with E-state index in [1.54, 1.807) is 14.0 Å². The maximum atomic E-state index is 12.7. The standard InChI is InChI=1S/C19H30N2O3/c1-4-5-6-18-17-11-16(24-3)8-7-15(17)9-10-21(18)19(23)13-20-12-14(2)22/h7-8,11,14,18,20,22H,4-6,9-10,12-13H2,1-3H3/t14-,18?/m1/s1. The van der Waals surface area contributed by atoms with E-state index in [0.717, 1.165) is 38.0 Å². The average molecular weight is 334 g/mol. The topological polar surface area (TPSA) is 61.8 Å². The normalized spacial score (nSPS) is 18.2. The van der Waals surface area contributed by atoms with Crippen molar-refractivity contribution in [3.63, 3.8) is 0 Å². The fourth-order valence-corrected chi connectivity index (χ4v) is 3.30. The van der Waals surface area contributed by atoms with Gasteiger partial charge in [-0.3, -0.25) is 4.79 Å². The van der Waals surface area contributed by atoms with Gasteiger partial charge in [-0.1, -0.05) is 25.8 Å². The first-order chi connectivity index (χ1) is 11.6. The number of ether oxygens (including phenoxy) is 1. The summed E-state index contributed by atoms with van der Waals surface area (Å²) in [6.07, 6.45) is 3.60. The van der Waals surface area contributed by atoms with E-state index in [9.17, 15) is 9.90 Å². The molecule has 0 bridgehead atoms. The summed E-state index contributed by atoms with van der Waals surface area (Å²) in [5.41, 5.74) is 2.54. The molecule has 1 amide bonds. The van der Waals surface area contributed by atoms with Gasteiger partial charge in [-0.2, -0.15) is 0 Å². The molecule has 5 nitrogen and oxygen atoms in total. The van der Waals surface area contributed by atoms with Crippen LogP contribution in [-0.4, -0.2) is 48.8 Å². The Kier molecular flexibility index (Phi) is 7.06. The van der Waals surface area contributed by atoms with Gasteiger partial charge in [0, 0.05) is 13.1 Å². The highest BCUT2D eigenvalue weighted by Crippen LogP contribution is 2.35. The number of amides is 1. The van der Waals surface area contributed by atoms with Crippen molar-refractivity contribution in [3.8, 4) is 5.75 Å². The minimum atomic E-state index is -0.444. The molecular weight excluding hydrogens is 304 g/mol. The number of fused-ring (bicyclic) bond motifs is 1. The largest absolute Gasteiger partial charge is 0.497 e. The summed E-state index contributed by atoms with van der Waals surface area (Å²) in [6, 6.07) is 6.32. The van der Waals surface area contributed by atoms with Crippen LogP contribution in [0.4, 0.5) is 0 Å². The Balaban J connectivity index is 2.16. The van der Waals surface area contributed by atoms with Crippen molar-refractivity contribution in [1.82, 2.24) is 10.2 Å². The second-order valence-corrected chi connectivity index (χ2v) is 6.54. The summed E-state index contributed by atoms with van der Waals surface area (Å²) in [5, 5.41) is 12.4. The predicted molar refractivity (Wildman–Crippen MR) is 95.2 cm³/mol. The summed E-state index contributed by atoms with van der Waals surface area (Å²) in [6.45, 7) is 5.34. The van der Waals surface area contributed by atoms with Crippen molar-refractivity contribution in [3.05, 3.63) is 29.3 Å². The second kappa shape index (κ2) is 9.04. The van der Waals surface area contributed by atoms with Crippen LogP contribution in [0.3, 0.4) is 0 Å². The zero-order valence-corrected chi connectivity index (χ0v) is 15.0. The van der Waals surface area contributed by atoms with E-state index in [1.807, 2.05) is 11.0 Å². The van der Waals surface area contributed by atoms with Gasteiger partial charge in [0.05, 0.1) is 25.8 Å². The summed E-state index contributed by atoms with van der Waals surface area (Å²) < 4.78 is 5.38. The maximum Gasteiger partial charge on any atom is 0.237 e. The average Bonchev–Trinajstić information content (AvgIpc) is 2.58. The molecule has 5 heteroatoms. The van der Waals surface area contributed by atoms with E-state index in [4.69, 9.17) is 4.74 Å². The zero-order valence-electron chi connectivity index (χ0n) is 15.0. The summed E-state index contributed by atoms with van der Waals surface area (Å²) >= 11 is 0. The lowest BCUT2D eigenvalue weighted by Crippen LogP contribution is -2.45. The van der Waals surface area contributed by atoms with Crippen LogP contribution >= 0.6 is 0 Å². The number of hydrogen-bond donors (Lipinski definition) is 2. The SMILES string of the molecule is CCCCC1c2cc(OC)ccc2CCN1C(=O)CNC[C@@H](C)O. The Morgan fingerprint density at radius 2 is 2.29 bits per heavy atom. The van der Waals surface area contributed by atoms with Crippen molar-refractivity contribution >= 4 is 5.91 Å². The molecule has 24 heavy (non-hydrogen) atoms. The molecule has 134 valence electrons. The number of nitrogens with one attached hydrogen (secondary N) is 1. The number of carbonyl (C=O) groups is 1. The molecule has 0 aromatic heterocycles. The quantitative estimate of drug-likeness (QED) is 0.766. The molecule has 2 atom stereocenters. The molecule has 0 aliphatic carbocycles. The van der Waals surface area contributed by atoms with Gasteiger partial charge in [0.25, 0.3) is 0 Å². The zero-order chi connectivity index (χ0) is 17.5. The van der Waals surface area contributed by atoms with Crippen molar-refractivity contribution < 1.29 is 14.6 Å². The lowest BCUT2D eigenvalue weighted by atomic mass is 9.89. The van der Waals surface area contributed by atoms with Gasteiger partial charge in [-0.15, -0.1) is 0 Å². The smallest absolute Gasteiger partial charge is 0.237 e. The number of methoxy groups -OCH3 is 1. The summed E-state index contributed by atoms with van der Waals surface area (Å²) in [4.78, 5) is 14.7. The molecule has 0 radical (unpaired) electrons. The molecule has 0 saturated heterocycles. The Hall–Kier alpha value is -1.59. The van der Waals surface area contributed by atoms with Gasteiger partial charge in [0.1, 0.15) is 5.75 Å². The van der Waals surface area contributed by atoms with E-state index in [0.29, 0.717) is 6.54 Å². The molecule has 0 spiro atoms. The van der Waals surface area contributed by atoms with Gasteiger partial charge >= 0.3 is 0 Å². The first-order valence-corrected chi connectivity index (χ1v) is 8.91. The minimum Gasteiger partial charge on any atom is -0.497 e. The van der Waals surface area contributed by atoms with Crippen LogP contribution in [-0.2, 0) is 11.2 Å². The molecule has 2 N–H and O–H groups in total. The lowest BCUT2D eigenvalue weighted by Gasteiger charge is -2.38. The van der Waals surface area contributed by atoms with Gasteiger partial charge in [-0.05, 0) is 43.0 Å². The van der Waals surface area contributed by atoms with Crippen LogP contribution < -0.4 is 10.1 Å². The number of unbranched alkanes of at least 4 members (excludes halogenated alkanes) is 1. The van der Waals surface area contributed by atoms with Crippen LogP contribution in [0.15, 0.2) is 18.2 Å². The fourth-order valence-electron chi connectivity index (χ4n) is 3.30. The third-order valence-electron chi connectivity index (χ3n) is 4.58. The molecule has 1 aromatic carbocycles. The van der Waals surface area contributed by atoms with Crippen LogP contribution in [0.25, 0.3) is 0 Å². The van der Waals surface area contributed by atoms with Crippen LogP contribution in [0.5, 0.6) is 5.75 Å². The third kappa shape index (κ3) is 4.71. The van der Waals surface area contributed by atoms with Crippen LogP contribution in [0, 0.1) is 0 Å². The molecular formula is C19H30N2O3. The molecule has 1 heterocycles. The van der Waals surface area contributed by atoms with E-state index in [-0.39, 0.29) is 18.5 Å². The Bertz CT molecular complexity index is 545. The molecule has 1 aliphatic rings. The first kappa shape index (κ1) is 18.7. The third-order valence-corrected chi connectivity index (χ3v) is 4.58. The maximum absolute atomic E-state index is 12.7. The van der Waals surface area contributed by atoms with Gasteiger partial charge in [0.2, 0.25) is 5.91 Å². The van der Waals surface area contributed by atoms with Crippen molar-refractivity contribution in [2.45, 2.75) is 51.7 Å². The van der Waals surface area contributed by atoms with Gasteiger partial charge in [-0.25, -0.2) is 0 Å². The van der Waals surface area contributed by atoms with Gasteiger partial charge in [0.15, 0.2) is 0 Å². The lowest BCUT2D eigenvalue weighted by molar-refractivity contribution is -0.133. The van der Waals surface area contributed by atoms with E-state index in [1.165, 1.54) is 11.1 Å². The predicted octanol–water partition coefficient (Wildman–Crippen LogP) is 2.28. The molecule has 1 aliphatic heterocycles. The number of benzene rings is 1. The number of aliphatic hydroxyl groups is 1. The first-order valence-electron chi connectivity index (χ1n) is 8.91. The molecule has 2 rings (SSSR count). The van der Waals surface area contributed by atoms with Crippen LogP contribution in [0.1, 0.15) is 50.3 Å². The monoisotopic (exact) mass is 334 g/mol. The fraction of sp³-hybridized carbons (Fsp3) is 0.632. The Labute approximate surface area is 145 Å². The number of rotatable bonds is 8. The highest BCUT2D eigenvalue weighted by atomic mass is 16.5. The Morgan fingerprint density at radius 1 is 1.50 bits per heavy atom. The number of hydrogen-bond acceptors (Lipinski definition) is 4. The van der Waals surface area contributed by atoms with E-state index < -0.39 is 6.10 Å². The molecule has 0 saturated carbocycles. The number of nitrogens with zero attached hydrogens (tertiary/aromatic N) is 1. The number of aliphatic hydroxyl groups excluding tert-OH is 1. The van der Waals surface area contributed by atoms with Crippen molar-refractivity contribution in [2.75, 3.05) is 26.7 Å². The molecule has 1 unspecified atom stereocenters. The number of carbonyl (C=O) groups excluding carboxylic acids is 1. The van der Waals surface area contributed by atoms with Crippen LogP contribution in [0.2, 0.25) is 0 Å². The highest BCUT2D eigenvalue weighted by Gasteiger charge is 2.30. The van der Waals surface area contributed by atoms with Crippen molar-refractivity contribution in [1.29, 1.82) is 0 Å². The van der Waals surface area contributed by atoms with E-state index in [2.05, 4.69) is 24.4 Å². The van der Waals surface area contributed by atoms with Gasteiger partial charge < -0.3 is 20.1 Å². The summed E-state index contributed by atoms with van der Waals surface area (Å²) in [7, 11) is 1.68. The Morgan fingerprint density at radius 3 is 2.96 bits per heavy atom. The second-order valence-electron chi connectivity index (χ2n) is 6.54. The van der Waals surface area contributed by atoms with Crippen molar-refractivity contribution in [2.24, 2.45) is 0 Å². The minimum absolute atomic E-state index is 0.102. The summed E-state index contributed by atoms with van der Waals surface area (Å²) in [5.74, 6) is 0.946. The van der Waals surface area contributed by atoms with E-state index >= 15 is 0 Å². The molecule has 0 fully saturated rings.